The predicted octanol–water partition coefficient (Wildman–Crippen LogP) is 2.03. The molecule has 0 spiro atoms. The fraction of sp³-hybridized carbons (Fsp3) is 0.500. The van der Waals surface area contributed by atoms with Gasteiger partial charge in [0.2, 0.25) is 5.75 Å². The van der Waals surface area contributed by atoms with Crippen LogP contribution in [-0.2, 0) is 18.4 Å². The molecule has 28 heavy (non-hydrogen) atoms. The van der Waals surface area contributed by atoms with E-state index in [2.05, 4.69) is 0 Å². The number of nitrogens with zero attached hydrogens (tertiary/aromatic N) is 2. The highest BCUT2D eigenvalue weighted by molar-refractivity contribution is 7.49. The first-order valence-corrected chi connectivity index (χ1v) is 9.68. The minimum atomic E-state index is -4.67. The van der Waals surface area contributed by atoms with Gasteiger partial charge in [-0.2, -0.15) is 0 Å². The molecule has 1 aromatic carbocycles. The van der Waals surface area contributed by atoms with Gasteiger partial charge < -0.3 is 20.5 Å². The molecule has 4 N–H and O–H groups in total. The van der Waals surface area contributed by atoms with Gasteiger partial charge in [-0.3, -0.25) is 29.5 Å². The highest BCUT2D eigenvalue weighted by atomic mass is 31.2. The molecule has 0 aliphatic carbocycles. The van der Waals surface area contributed by atoms with E-state index in [-0.39, 0.29) is 19.6 Å². The van der Waals surface area contributed by atoms with Gasteiger partial charge in [-0.25, -0.2) is 4.57 Å². The summed E-state index contributed by atoms with van der Waals surface area (Å²) in [5.74, 6) is -1.67. The number of phosphoric acid groups is 1. The number of para-hydroxylation sites is 1. The summed E-state index contributed by atoms with van der Waals surface area (Å²) in [6.45, 7) is -0.00833. The molecule has 0 fully saturated rings. The van der Waals surface area contributed by atoms with Crippen LogP contribution >= 0.6 is 7.82 Å². The minimum Gasteiger partial charge on any atom is -0.387 e. The number of unbranched alkanes of at least 4 members (excludes halogenated alkanes) is 2. The van der Waals surface area contributed by atoms with Crippen molar-refractivity contribution in [1.82, 2.24) is 0 Å². The van der Waals surface area contributed by atoms with E-state index in [1.54, 1.807) is 0 Å². The predicted molar refractivity (Wildman–Crippen MR) is 96.6 cm³/mol. The van der Waals surface area contributed by atoms with Crippen LogP contribution in [0.5, 0.6) is 5.75 Å². The van der Waals surface area contributed by atoms with Crippen molar-refractivity contribution in [2.45, 2.75) is 25.7 Å². The van der Waals surface area contributed by atoms with Crippen LogP contribution in [0, 0.1) is 20.2 Å². The zero-order valence-corrected chi connectivity index (χ0v) is 15.7. The standard InChI is InChI=1S/C14H21N4O9P/c15-8-3-1-2-7-13(19)27-28(24,25-10-9-16)26-12-6-4-5-11(17(20)21)14(12)18(22)23/h4-6H,1-3,7-10,15-16H2. The summed E-state index contributed by atoms with van der Waals surface area (Å²) in [5.41, 5.74) is 8.67. The van der Waals surface area contributed by atoms with E-state index in [0.717, 1.165) is 18.2 Å². The molecule has 0 heterocycles. The van der Waals surface area contributed by atoms with Crippen molar-refractivity contribution in [2.24, 2.45) is 11.5 Å². The average Bonchev–Trinajstić information content (AvgIpc) is 2.63. The fourth-order valence-electron chi connectivity index (χ4n) is 2.03. The van der Waals surface area contributed by atoms with Gasteiger partial charge in [-0.1, -0.05) is 12.5 Å². The first-order valence-electron chi connectivity index (χ1n) is 8.22. The number of carbonyl (C=O) groups is 1. The Hall–Kier alpha value is -2.60. The monoisotopic (exact) mass is 420 g/mol. The second kappa shape index (κ2) is 11.3. The summed E-state index contributed by atoms with van der Waals surface area (Å²) in [6, 6.07) is 2.93. The van der Waals surface area contributed by atoms with Gasteiger partial charge in [-0.05, 0) is 25.5 Å². The number of phosphoric ester groups is 1. The van der Waals surface area contributed by atoms with Gasteiger partial charge in [0.15, 0.2) is 0 Å². The van der Waals surface area contributed by atoms with Crippen LogP contribution in [0.15, 0.2) is 18.2 Å². The van der Waals surface area contributed by atoms with Crippen LogP contribution in [0.3, 0.4) is 0 Å². The van der Waals surface area contributed by atoms with Crippen molar-refractivity contribution >= 4 is 25.2 Å². The molecule has 156 valence electrons. The fourth-order valence-corrected chi connectivity index (χ4v) is 3.23. The number of nitro benzene ring substituents is 2. The number of nitrogens with two attached hydrogens (primary N) is 2. The van der Waals surface area contributed by atoms with E-state index in [4.69, 9.17) is 25.0 Å². The maximum Gasteiger partial charge on any atom is 0.590 e. The van der Waals surface area contributed by atoms with Crippen molar-refractivity contribution in [3.8, 4) is 5.75 Å². The van der Waals surface area contributed by atoms with Gasteiger partial charge in [0.05, 0.1) is 16.5 Å². The molecule has 1 unspecified atom stereocenters. The minimum absolute atomic E-state index is 0.113. The summed E-state index contributed by atoms with van der Waals surface area (Å²) < 4.78 is 27.3. The normalized spacial score (nSPS) is 12.8. The maximum absolute atomic E-state index is 12.7. The van der Waals surface area contributed by atoms with Crippen LogP contribution in [0.2, 0.25) is 0 Å². The summed E-state index contributed by atoms with van der Waals surface area (Å²) in [7, 11) is -4.67. The SMILES string of the molecule is NCCCCCC(=O)OP(=O)(OCCN)Oc1cccc([N+](=O)[O-])c1[N+](=O)[O-]. The Morgan fingerprint density at radius 1 is 1.07 bits per heavy atom. The highest BCUT2D eigenvalue weighted by Crippen LogP contribution is 2.52. The molecular formula is C14H21N4O9P. The van der Waals surface area contributed by atoms with E-state index in [1.165, 1.54) is 0 Å². The van der Waals surface area contributed by atoms with Gasteiger partial charge in [0.1, 0.15) is 0 Å². The Morgan fingerprint density at radius 3 is 2.36 bits per heavy atom. The number of hydrogen-bond acceptors (Lipinski definition) is 11. The van der Waals surface area contributed by atoms with Crippen molar-refractivity contribution < 1.29 is 32.8 Å². The summed E-state index contributed by atoms with van der Waals surface area (Å²) in [6.07, 6.45) is 1.61. The molecule has 1 atom stereocenters. The lowest BCUT2D eigenvalue weighted by atomic mass is 10.2. The zero-order chi connectivity index (χ0) is 21.2. The number of benzene rings is 1. The van der Waals surface area contributed by atoms with Crippen molar-refractivity contribution in [3.05, 3.63) is 38.4 Å². The first-order chi connectivity index (χ1) is 13.2. The third-order valence-electron chi connectivity index (χ3n) is 3.23. The van der Waals surface area contributed by atoms with Crippen LogP contribution < -0.4 is 16.0 Å². The lowest BCUT2D eigenvalue weighted by molar-refractivity contribution is -0.422. The largest absolute Gasteiger partial charge is 0.590 e. The Kier molecular flexibility index (Phi) is 9.45. The molecule has 0 amide bonds. The molecular weight excluding hydrogens is 399 g/mol. The number of nitro groups is 2. The smallest absolute Gasteiger partial charge is 0.387 e. The molecule has 13 nitrogen and oxygen atoms in total. The molecule has 0 saturated heterocycles. The molecule has 0 bridgehead atoms. The number of carbonyl (C=O) groups excluding carboxylic acids is 1. The molecule has 0 aliphatic heterocycles. The van der Waals surface area contributed by atoms with Crippen LogP contribution in [0.1, 0.15) is 25.7 Å². The second-order valence-corrected chi connectivity index (χ2v) is 6.88. The van der Waals surface area contributed by atoms with Gasteiger partial charge >= 0.3 is 25.2 Å². The Labute approximate surface area is 159 Å². The van der Waals surface area contributed by atoms with Gasteiger partial charge in [0.25, 0.3) is 0 Å². The Balaban J connectivity index is 3.07. The Morgan fingerprint density at radius 2 is 1.79 bits per heavy atom. The number of hydrogen-bond donors (Lipinski definition) is 2. The second-order valence-electron chi connectivity index (χ2n) is 5.36. The average molecular weight is 420 g/mol. The van der Waals surface area contributed by atoms with E-state index >= 15 is 0 Å². The quantitative estimate of drug-likeness (QED) is 0.205. The maximum atomic E-state index is 12.7. The van der Waals surface area contributed by atoms with Crippen LogP contribution in [0.25, 0.3) is 0 Å². The molecule has 0 aromatic heterocycles. The first kappa shape index (κ1) is 23.4. The zero-order valence-electron chi connectivity index (χ0n) is 14.9. The summed E-state index contributed by atoms with van der Waals surface area (Å²) in [4.78, 5) is 32.1. The van der Waals surface area contributed by atoms with Crippen molar-refractivity contribution in [1.29, 1.82) is 0 Å². The molecule has 14 heteroatoms. The van der Waals surface area contributed by atoms with Gasteiger partial charge in [-0.15, -0.1) is 0 Å². The van der Waals surface area contributed by atoms with Crippen LogP contribution in [0.4, 0.5) is 11.4 Å². The summed E-state index contributed by atoms with van der Waals surface area (Å²) >= 11 is 0. The third-order valence-corrected chi connectivity index (χ3v) is 4.58. The number of rotatable bonds is 13. The summed E-state index contributed by atoms with van der Waals surface area (Å²) in [5, 5.41) is 22.2. The topological polar surface area (TPSA) is 200 Å². The Bertz CT molecular complexity index is 758. The van der Waals surface area contributed by atoms with E-state index in [9.17, 15) is 29.6 Å². The van der Waals surface area contributed by atoms with Crippen molar-refractivity contribution in [3.63, 3.8) is 0 Å². The molecule has 1 aromatic rings. The lowest BCUT2D eigenvalue weighted by Gasteiger charge is -2.17. The highest BCUT2D eigenvalue weighted by Gasteiger charge is 2.38. The molecule has 0 radical (unpaired) electrons. The van der Waals surface area contributed by atoms with E-state index in [1.807, 2.05) is 0 Å². The van der Waals surface area contributed by atoms with Gasteiger partial charge in [0, 0.05) is 19.0 Å². The van der Waals surface area contributed by atoms with Crippen molar-refractivity contribution in [2.75, 3.05) is 19.7 Å². The van der Waals surface area contributed by atoms with E-state index in [0.29, 0.717) is 25.8 Å². The lowest BCUT2D eigenvalue weighted by Crippen LogP contribution is -2.14. The molecule has 1 rings (SSSR count). The third kappa shape index (κ3) is 7.19. The van der Waals surface area contributed by atoms with Crippen LogP contribution in [-0.4, -0.2) is 35.5 Å². The molecule has 0 aliphatic rings. The molecule has 0 saturated carbocycles. The van der Waals surface area contributed by atoms with E-state index < -0.39 is 40.8 Å².